The van der Waals surface area contributed by atoms with Gasteiger partial charge in [-0.1, -0.05) is 20.3 Å². The summed E-state index contributed by atoms with van der Waals surface area (Å²) in [5, 5.41) is 9.41. The fourth-order valence-corrected chi connectivity index (χ4v) is 3.42. The Bertz CT molecular complexity index is 372. The molecule has 5 nitrogen and oxygen atoms in total. The summed E-state index contributed by atoms with van der Waals surface area (Å²) >= 11 is 0. The molecule has 0 radical (unpaired) electrons. The van der Waals surface area contributed by atoms with Crippen LogP contribution in [0.25, 0.3) is 0 Å². The number of amides is 2. The van der Waals surface area contributed by atoms with Crippen molar-refractivity contribution in [2.75, 3.05) is 19.6 Å². The molecule has 3 atom stereocenters. The molecule has 0 aromatic rings. The molecule has 20 heavy (non-hydrogen) atoms. The molecule has 2 aliphatic rings. The summed E-state index contributed by atoms with van der Waals surface area (Å²) in [5.74, 6) is 0.0890. The van der Waals surface area contributed by atoms with Gasteiger partial charge in [0, 0.05) is 19.6 Å². The molecular formula is C15H26N2O3. The number of carbonyl (C=O) groups is 2. The van der Waals surface area contributed by atoms with Crippen LogP contribution in [0.5, 0.6) is 0 Å². The number of carboxylic acid groups (broad SMARTS) is 1. The topological polar surface area (TPSA) is 60.9 Å². The van der Waals surface area contributed by atoms with Crippen LogP contribution in [0, 0.1) is 11.8 Å². The largest absolute Gasteiger partial charge is 0.480 e. The predicted molar refractivity (Wildman–Crippen MR) is 76.5 cm³/mol. The molecule has 2 fully saturated rings. The van der Waals surface area contributed by atoms with Crippen LogP contribution in [0.4, 0.5) is 4.79 Å². The van der Waals surface area contributed by atoms with Crippen molar-refractivity contribution in [3.63, 3.8) is 0 Å². The Labute approximate surface area is 120 Å². The number of hydrogen-bond acceptors (Lipinski definition) is 2. The van der Waals surface area contributed by atoms with Crippen molar-refractivity contribution < 1.29 is 14.7 Å². The predicted octanol–water partition coefficient (Wildman–Crippen LogP) is 2.41. The van der Waals surface area contributed by atoms with Crippen LogP contribution in [0.2, 0.25) is 0 Å². The van der Waals surface area contributed by atoms with Gasteiger partial charge in [0.1, 0.15) is 6.04 Å². The molecule has 0 saturated carbocycles. The molecular weight excluding hydrogens is 256 g/mol. The number of hydrogen-bond donors (Lipinski definition) is 1. The summed E-state index contributed by atoms with van der Waals surface area (Å²) in [7, 11) is 0. The Morgan fingerprint density at radius 2 is 2.00 bits per heavy atom. The Morgan fingerprint density at radius 1 is 1.25 bits per heavy atom. The van der Waals surface area contributed by atoms with Gasteiger partial charge < -0.3 is 14.9 Å². The zero-order valence-corrected chi connectivity index (χ0v) is 12.5. The van der Waals surface area contributed by atoms with Crippen molar-refractivity contribution in [3.05, 3.63) is 0 Å². The summed E-state index contributed by atoms with van der Waals surface area (Å²) in [4.78, 5) is 27.5. The Hall–Kier alpha value is -1.26. The van der Waals surface area contributed by atoms with Gasteiger partial charge >= 0.3 is 12.0 Å². The Morgan fingerprint density at radius 3 is 2.60 bits per heavy atom. The number of urea groups is 1. The summed E-state index contributed by atoms with van der Waals surface area (Å²) in [6, 6.07) is -0.711. The molecule has 5 heteroatoms. The molecule has 0 aliphatic carbocycles. The normalized spacial score (nSPS) is 31.2. The van der Waals surface area contributed by atoms with E-state index in [1.54, 1.807) is 4.90 Å². The highest BCUT2D eigenvalue weighted by molar-refractivity contribution is 5.83. The molecule has 0 aromatic carbocycles. The highest BCUT2D eigenvalue weighted by Crippen LogP contribution is 2.27. The minimum Gasteiger partial charge on any atom is -0.480 e. The molecule has 2 aliphatic heterocycles. The third-order valence-corrected chi connectivity index (χ3v) is 4.75. The molecule has 2 rings (SSSR count). The number of carbonyl (C=O) groups excluding carboxylic acids is 1. The molecule has 0 aromatic heterocycles. The first kappa shape index (κ1) is 15.1. The lowest BCUT2D eigenvalue weighted by Gasteiger charge is -2.41. The van der Waals surface area contributed by atoms with E-state index in [1.807, 2.05) is 4.90 Å². The van der Waals surface area contributed by atoms with E-state index < -0.39 is 12.0 Å². The minimum atomic E-state index is -0.860. The van der Waals surface area contributed by atoms with Crippen molar-refractivity contribution in [1.82, 2.24) is 9.80 Å². The fourth-order valence-electron chi connectivity index (χ4n) is 3.42. The van der Waals surface area contributed by atoms with Crippen molar-refractivity contribution >= 4 is 12.0 Å². The van der Waals surface area contributed by atoms with Crippen molar-refractivity contribution in [2.24, 2.45) is 11.8 Å². The Balaban J connectivity index is 2.05. The molecule has 2 amide bonds. The molecule has 114 valence electrons. The molecule has 1 N–H and O–H groups in total. The molecule has 0 bridgehead atoms. The molecule has 2 saturated heterocycles. The van der Waals surface area contributed by atoms with E-state index in [9.17, 15) is 14.7 Å². The van der Waals surface area contributed by atoms with Crippen molar-refractivity contribution in [3.8, 4) is 0 Å². The average molecular weight is 282 g/mol. The summed E-state index contributed by atoms with van der Waals surface area (Å²) < 4.78 is 0. The second kappa shape index (κ2) is 6.46. The lowest BCUT2D eigenvalue weighted by Crippen LogP contribution is -2.56. The first-order valence-corrected chi connectivity index (χ1v) is 7.81. The quantitative estimate of drug-likeness (QED) is 0.846. The van der Waals surface area contributed by atoms with Crippen LogP contribution in [-0.4, -0.2) is 52.6 Å². The van der Waals surface area contributed by atoms with Crippen LogP contribution >= 0.6 is 0 Å². The van der Waals surface area contributed by atoms with E-state index in [1.165, 1.54) is 0 Å². The number of rotatable bonds is 2. The summed E-state index contributed by atoms with van der Waals surface area (Å²) in [6.07, 6.45) is 4.70. The van der Waals surface area contributed by atoms with Gasteiger partial charge in [0.15, 0.2) is 0 Å². The Kier molecular flexibility index (Phi) is 4.89. The van der Waals surface area contributed by atoms with Gasteiger partial charge in [-0.3, -0.25) is 0 Å². The highest BCUT2D eigenvalue weighted by atomic mass is 16.4. The van der Waals surface area contributed by atoms with E-state index in [2.05, 4.69) is 13.8 Å². The van der Waals surface area contributed by atoms with E-state index >= 15 is 0 Å². The zero-order valence-electron chi connectivity index (χ0n) is 12.5. The molecule has 0 spiro atoms. The van der Waals surface area contributed by atoms with Crippen LogP contribution in [-0.2, 0) is 4.79 Å². The van der Waals surface area contributed by atoms with E-state index in [0.717, 1.165) is 38.8 Å². The van der Waals surface area contributed by atoms with Crippen molar-refractivity contribution in [1.29, 1.82) is 0 Å². The second-order valence-electron chi connectivity index (χ2n) is 6.32. The van der Waals surface area contributed by atoms with Gasteiger partial charge in [0.2, 0.25) is 0 Å². The van der Waals surface area contributed by atoms with E-state index in [0.29, 0.717) is 24.8 Å². The van der Waals surface area contributed by atoms with Crippen LogP contribution in [0.1, 0.15) is 46.0 Å². The van der Waals surface area contributed by atoms with Gasteiger partial charge in [-0.25, -0.2) is 9.59 Å². The number of nitrogens with zero attached hydrogens (tertiary/aromatic N) is 2. The number of likely N-dealkylation sites (tertiary alicyclic amines) is 2. The first-order valence-electron chi connectivity index (χ1n) is 7.81. The SMILES string of the molecule is CCC1CCN(C(=O)N2CCCC(C)C2)C(C(=O)O)C1. The number of piperidine rings is 2. The standard InChI is InChI=1S/C15H26N2O3/c1-3-12-6-8-17(13(9-12)14(18)19)15(20)16-7-4-5-11(2)10-16/h11-13H,3-10H2,1-2H3,(H,18,19). The van der Waals surface area contributed by atoms with Crippen molar-refractivity contribution in [2.45, 2.75) is 52.0 Å². The fraction of sp³-hybridized carbons (Fsp3) is 0.867. The smallest absolute Gasteiger partial charge is 0.326 e. The van der Waals surface area contributed by atoms with Gasteiger partial charge in [0.25, 0.3) is 0 Å². The summed E-state index contributed by atoms with van der Waals surface area (Å²) in [6.45, 7) is 6.35. The van der Waals surface area contributed by atoms with Crippen LogP contribution in [0.15, 0.2) is 0 Å². The number of carboxylic acids is 1. The molecule has 2 heterocycles. The van der Waals surface area contributed by atoms with E-state index in [4.69, 9.17) is 0 Å². The first-order chi connectivity index (χ1) is 9.52. The lowest BCUT2D eigenvalue weighted by atomic mass is 9.89. The maximum Gasteiger partial charge on any atom is 0.326 e. The van der Waals surface area contributed by atoms with Gasteiger partial charge in [-0.05, 0) is 37.5 Å². The maximum absolute atomic E-state index is 12.6. The third-order valence-electron chi connectivity index (χ3n) is 4.75. The average Bonchev–Trinajstić information content (AvgIpc) is 2.45. The monoisotopic (exact) mass is 282 g/mol. The van der Waals surface area contributed by atoms with Crippen LogP contribution < -0.4 is 0 Å². The van der Waals surface area contributed by atoms with Gasteiger partial charge in [0.05, 0.1) is 0 Å². The van der Waals surface area contributed by atoms with E-state index in [-0.39, 0.29) is 6.03 Å². The third kappa shape index (κ3) is 3.25. The lowest BCUT2D eigenvalue weighted by molar-refractivity contribution is -0.144. The van der Waals surface area contributed by atoms with Crippen LogP contribution in [0.3, 0.4) is 0 Å². The summed E-state index contributed by atoms with van der Waals surface area (Å²) in [5.41, 5.74) is 0. The maximum atomic E-state index is 12.6. The number of aliphatic carboxylic acids is 1. The zero-order chi connectivity index (χ0) is 14.7. The van der Waals surface area contributed by atoms with Gasteiger partial charge in [-0.15, -0.1) is 0 Å². The minimum absolute atomic E-state index is 0.0708. The second-order valence-corrected chi connectivity index (χ2v) is 6.32. The highest BCUT2D eigenvalue weighted by Gasteiger charge is 2.38. The molecule has 3 unspecified atom stereocenters. The van der Waals surface area contributed by atoms with Gasteiger partial charge in [-0.2, -0.15) is 0 Å².